The van der Waals surface area contributed by atoms with E-state index < -0.39 is 54.5 Å². The fourth-order valence-corrected chi connectivity index (χ4v) is 2.61. The summed E-state index contributed by atoms with van der Waals surface area (Å²) in [6.07, 6.45) is -5.80. The molecule has 2 amide bonds. The summed E-state index contributed by atoms with van der Waals surface area (Å²) < 4.78 is 74.4. The van der Waals surface area contributed by atoms with Gasteiger partial charge in [0, 0.05) is 25.2 Å². The molecule has 0 aromatic heterocycles. The Kier molecular flexibility index (Phi) is 9.87. The lowest BCUT2D eigenvalue weighted by Gasteiger charge is -2.14. The van der Waals surface area contributed by atoms with E-state index in [1.807, 2.05) is 0 Å². The Labute approximate surface area is 195 Å². The molecule has 0 aliphatic rings. The van der Waals surface area contributed by atoms with Gasteiger partial charge >= 0.3 is 6.18 Å². The predicted molar refractivity (Wildman–Crippen MR) is 110 cm³/mol. The van der Waals surface area contributed by atoms with E-state index in [-0.39, 0.29) is 36.0 Å². The summed E-state index contributed by atoms with van der Waals surface area (Å²) in [5.41, 5.74) is -1.45. The summed E-state index contributed by atoms with van der Waals surface area (Å²) in [6.45, 7) is -1.15. The topological polar surface area (TPSA) is 96.9 Å². The lowest BCUT2D eigenvalue weighted by atomic mass is 10.2. The van der Waals surface area contributed by atoms with E-state index in [4.69, 9.17) is 21.1 Å². The molecule has 0 aliphatic heterocycles. The highest BCUT2D eigenvalue weighted by Crippen LogP contribution is 2.32. The first-order valence-electron chi connectivity index (χ1n) is 9.74. The Morgan fingerprint density at radius 1 is 0.941 bits per heavy atom. The van der Waals surface area contributed by atoms with Crippen molar-refractivity contribution in [3.8, 4) is 11.5 Å². The van der Waals surface area contributed by atoms with Crippen molar-refractivity contribution in [1.82, 2.24) is 10.6 Å². The third-order valence-corrected chi connectivity index (χ3v) is 4.52. The number of ether oxygens (including phenoxy) is 2. The summed E-state index contributed by atoms with van der Waals surface area (Å²) >= 11 is 5.54. The van der Waals surface area contributed by atoms with E-state index in [1.54, 1.807) is 0 Å². The monoisotopic (exact) mass is 510 g/mol. The third kappa shape index (κ3) is 9.02. The number of hydrogen-bond acceptors (Lipinski definition) is 5. The number of benzene rings is 2. The van der Waals surface area contributed by atoms with Gasteiger partial charge in [-0.25, -0.2) is 8.78 Å². The maximum absolute atomic E-state index is 13.5. The fourth-order valence-electron chi connectivity index (χ4n) is 2.49. The molecule has 0 aliphatic carbocycles. The van der Waals surface area contributed by atoms with Crippen LogP contribution in [0.15, 0.2) is 36.4 Å². The normalized spacial score (nSPS) is 12.1. The van der Waals surface area contributed by atoms with Crippen LogP contribution in [0.25, 0.3) is 0 Å². The molecule has 0 bridgehead atoms. The van der Waals surface area contributed by atoms with Crippen molar-refractivity contribution < 1.29 is 46.1 Å². The zero-order valence-corrected chi connectivity index (χ0v) is 18.2. The van der Waals surface area contributed by atoms with Crippen molar-refractivity contribution in [1.29, 1.82) is 0 Å². The first-order valence-corrected chi connectivity index (χ1v) is 10.1. The highest BCUT2D eigenvalue weighted by Gasteiger charge is 2.34. The number of halogens is 6. The van der Waals surface area contributed by atoms with Crippen molar-refractivity contribution in [3.05, 3.63) is 58.6 Å². The minimum absolute atomic E-state index is 0.0511. The second-order valence-corrected chi connectivity index (χ2v) is 7.30. The molecule has 0 radical (unpaired) electrons. The maximum atomic E-state index is 13.5. The number of amides is 2. The molecule has 34 heavy (non-hydrogen) atoms. The fraction of sp³-hybridized carbons (Fsp3) is 0.333. The molecule has 1 unspecified atom stereocenters. The average Bonchev–Trinajstić information content (AvgIpc) is 2.76. The van der Waals surface area contributed by atoms with Gasteiger partial charge in [-0.3, -0.25) is 9.59 Å². The van der Waals surface area contributed by atoms with Crippen molar-refractivity contribution in [2.45, 2.75) is 18.7 Å². The van der Waals surface area contributed by atoms with Crippen molar-refractivity contribution in [2.24, 2.45) is 0 Å². The van der Waals surface area contributed by atoms with Crippen molar-refractivity contribution >= 4 is 23.4 Å². The lowest BCUT2D eigenvalue weighted by Crippen LogP contribution is -2.37. The maximum Gasteiger partial charge on any atom is 0.419 e. The van der Waals surface area contributed by atoms with Gasteiger partial charge in [-0.2, -0.15) is 13.2 Å². The van der Waals surface area contributed by atoms with Gasteiger partial charge in [-0.1, -0.05) is 11.6 Å². The number of aliphatic hydroxyl groups is 1. The molecule has 13 heteroatoms. The summed E-state index contributed by atoms with van der Waals surface area (Å²) in [6, 6.07) is 5.59. The minimum atomic E-state index is -4.85. The SMILES string of the molecule is O=C(COc1ccc(Cl)c(F)c1)NCCC(O)CNC(=O)COc1ccc(C(F)(F)F)c(F)c1. The molecule has 2 aromatic carbocycles. The summed E-state index contributed by atoms with van der Waals surface area (Å²) in [5.74, 6) is -3.61. The highest BCUT2D eigenvalue weighted by molar-refractivity contribution is 6.30. The number of rotatable bonds is 11. The van der Waals surface area contributed by atoms with Crippen LogP contribution in [0.2, 0.25) is 5.02 Å². The van der Waals surface area contributed by atoms with E-state index in [1.165, 1.54) is 12.1 Å². The molecular formula is C21H20ClF5N2O5. The Hall–Kier alpha value is -3.12. The molecule has 186 valence electrons. The molecule has 3 N–H and O–H groups in total. The first kappa shape index (κ1) is 27.1. The standard InChI is InChI=1S/C21H20ClF5N2O5/c22-16-4-2-14(8-18(16)24)33-10-19(31)28-6-5-12(30)9-29-20(32)11-34-13-1-3-15(17(23)7-13)21(25,26)27/h1-4,7-8,12,30H,5-6,9-11H2,(H,28,31)(H,29,32). The molecule has 2 rings (SSSR count). The van der Waals surface area contributed by atoms with Crippen molar-refractivity contribution in [3.63, 3.8) is 0 Å². The van der Waals surface area contributed by atoms with Crippen LogP contribution in [0.1, 0.15) is 12.0 Å². The smallest absolute Gasteiger partial charge is 0.419 e. The second-order valence-electron chi connectivity index (χ2n) is 6.89. The summed E-state index contributed by atoms with van der Waals surface area (Å²) in [4.78, 5) is 23.5. The average molecular weight is 511 g/mol. The van der Waals surface area contributed by atoms with Gasteiger partial charge in [0.2, 0.25) is 0 Å². The number of carbonyl (C=O) groups excluding carboxylic acids is 2. The molecule has 7 nitrogen and oxygen atoms in total. The van der Waals surface area contributed by atoms with Crippen LogP contribution in [0, 0.1) is 11.6 Å². The van der Waals surface area contributed by atoms with Gasteiger partial charge in [-0.05, 0) is 30.7 Å². The first-order chi connectivity index (χ1) is 16.0. The van der Waals surface area contributed by atoms with E-state index >= 15 is 0 Å². The zero-order chi connectivity index (χ0) is 25.3. The molecule has 0 fully saturated rings. The molecular weight excluding hydrogens is 491 g/mol. The Morgan fingerprint density at radius 3 is 2.06 bits per heavy atom. The van der Waals surface area contributed by atoms with Gasteiger partial charge in [0.25, 0.3) is 11.8 Å². The number of alkyl halides is 3. The van der Waals surface area contributed by atoms with Crippen LogP contribution < -0.4 is 20.1 Å². The summed E-state index contributed by atoms with van der Waals surface area (Å²) in [7, 11) is 0. The Balaban J connectivity index is 1.61. The molecule has 1 atom stereocenters. The molecule has 0 heterocycles. The van der Waals surface area contributed by atoms with Gasteiger partial charge < -0.3 is 25.2 Å². The lowest BCUT2D eigenvalue weighted by molar-refractivity contribution is -0.140. The number of nitrogens with one attached hydrogen (secondary N) is 2. The second kappa shape index (κ2) is 12.4. The predicted octanol–water partition coefficient (Wildman–Crippen LogP) is 3.08. The quantitative estimate of drug-likeness (QED) is 0.404. The van der Waals surface area contributed by atoms with E-state index in [0.717, 1.165) is 12.1 Å². The highest BCUT2D eigenvalue weighted by atomic mass is 35.5. The van der Waals surface area contributed by atoms with E-state index in [2.05, 4.69) is 10.6 Å². The third-order valence-electron chi connectivity index (χ3n) is 4.21. The Bertz CT molecular complexity index is 1010. The minimum Gasteiger partial charge on any atom is -0.484 e. The Morgan fingerprint density at radius 2 is 1.50 bits per heavy atom. The molecule has 0 saturated carbocycles. The van der Waals surface area contributed by atoms with Gasteiger partial charge in [-0.15, -0.1) is 0 Å². The van der Waals surface area contributed by atoms with E-state index in [9.17, 15) is 36.6 Å². The molecule has 0 spiro atoms. The van der Waals surface area contributed by atoms with Gasteiger partial charge in [0.1, 0.15) is 23.1 Å². The number of aliphatic hydroxyl groups excluding tert-OH is 1. The van der Waals surface area contributed by atoms with Crippen LogP contribution in [0.4, 0.5) is 22.0 Å². The van der Waals surface area contributed by atoms with Crippen molar-refractivity contribution in [2.75, 3.05) is 26.3 Å². The van der Waals surface area contributed by atoms with Crippen LogP contribution in [-0.2, 0) is 15.8 Å². The van der Waals surface area contributed by atoms with Crippen LogP contribution >= 0.6 is 11.6 Å². The molecule has 0 saturated heterocycles. The number of carbonyl (C=O) groups is 2. The van der Waals surface area contributed by atoms with Gasteiger partial charge in [0.15, 0.2) is 13.2 Å². The number of hydrogen-bond donors (Lipinski definition) is 3. The van der Waals surface area contributed by atoms with Crippen LogP contribution in [0.5, 0.6) is 11.5 Å². The molecule has 2 aromatic rings. The van der Waals surface area contributed by atoms with E-state index in [0.29, 0.717) is 12.1 Å². The van der Waals surface area contributed by atoms with Crippen LogP contribution in [-0.4, -0.2) is 49.3 Å². The largest absolute Gasteiger partial charge is 0.484 e. The van der Waals surface area contributed by atoms with Crippen LogP contribution in [0.3, 0.4) is 0 Å². The van der Waals surface area contributed by atoms with Gasteiger partial charge in [0.05, 0.1) is 16.7 Å². The zero-order valence-electron chi connectivity index (χ0n) is 17.4. The summed E-state index contributed by atoms with van der Waals surface area (Å²) in [5, 5.41) is 14.6.